The lowest BCUT2D eigenvalue weighted by atomic mass is 10.1. The van der Waals surface area contributed by atoms with Gasteiger partial charge in [0.1, 0.15) is 11.3 Å². The first-order valence-electron chi connectivity index (χ1n) is 9.13. The van der Waals surface area contributed by atoms with Crippen molar-refractivity contribution < 1.29 is 13.6 Å². The average Bonchev–Trinajstić information content (AvgIpc) is 3.19. The molecule has 0 saturated carbocycles. The van der Waals surface area contributed by atoms with Crippen molar-refractivity contribution >= 4 is 33.5 Å². The fourth-order valence-electron chi connectivity index (χ4n) is 3.29. The van der Waals surface area contributed by atoms with E-state index in [0.717, 1.165) is 27.4 Å². The highest BCUT2D eigenvalue weighted by molar-refractivity contribution is 6.05. The maximum atomic E-state index is 13.0. The summed E-state index contributed by atoms with van der Waals surface area (Å²) in [6.45, 7) is 0. The van der Waals surface area contributed by atoms with Crippen LogP contribution >= 0.6 is 0 Å². The number of nitrogens with one attached hydrogen (secondary N) is 1. The highest BCUT2D eigenvalue weighted by atomic mass is 19.1. The number of anilines is 1. The number of halogens is 1. The summed E-state index contributed by atoms with van der Waals surface area (Å²) in [5, 5.41) is 4.95. The Morgan fingerprint density at radius 1 is 0.862 bits per heavy atom. The van der Waals surface area contributed by atoms with E-state index in [-0.39, 0.29) is 11.7 Å². The Morgan fingerprint density at radius 3 is 2.41 bits per heavy atom. The van der Waals surface area contributed by atoms with Gasteiger partial charge in [0.25, 0.3) is 5.91 Å². The monoisotopic (exact) mass is 382 g/mol. The molecule has 0 radical (unpaired) electrons. The van der Waals surface area contributed by atoms with Gasteiger partial charge in [-0.3, -0.25) is 4.79 Å². The maximum absolute atomic E-state index is 13.0. The van der Waals surface area contributed by atoms with E-state index in [2.05, 4.69) is 10.3 Å². The summed E-state index contributed by atoms with van der Waals surface area (Å²) in [4.78, 5) is 16.9. The Balaban J connectivity index is 1.42. The first kappa shape index (κ1) is 17.1. The second-order valence-corrected chi connectivity index (χ2v) is 6.69. The summed E-state index contributed by atoms with van der Waals surface area (Å²) in [5.74, 6) is -0.157. The third kappa shape index (κ3) is 3.23. The molecule has 1 N–H and O–H groups in total. The molecule has 1 heterocycles. The van der Waals surface area contributed by atoms with E-state index >= 15 is 0 Å². The molecule has 4 nitrogen and oxygen atoms in total. The number of rotatable bonds is 3. The fraction of sp³-hybridized carbons (Fsp3) is 0. The largest absolute Gasteiger partial charge is 0.436 e. The zero-order chi connectivity index (χ0) is 19.8. The van der Waals surface area contributed by atoms with Gasteiger partial charge in [-0.05, 0) is 60.0 Å². The summed E-state index contributed by atoms with van der Waals surface area (Å²) in [7, 11) is 0. The van der Waals surface area contributed by atoms with E-state index in [9.17, 15) is 9.18 Å². The molecule has 1 aromatic heterocycles. The minimum Gasteiger partial charge on any atom is -0.436 e. The van der Waals surface area contributed by atoms with Gasteiger partial charge in [-0.1, -0.05) is 30.3 Å². The highest BCUT2D eigenvalue weighted by Gasteiger charge is 2.12. The zero-order valence-corrected chi connectivity index (χ0v) is 15.2. The first-order chi connectivity index (χ1) is 14.2. The van der Waals surface area contributed by atoms with Gasteiger partial charge in [0.15, 0.2) is 5.58 Å². The van der Waals surface area contributed by atoms with Crippen LogP contribution in [0.2, 0.25) is 0 Å². The van der Waals surface area contributed by atoms with Crippen LogP contribution in [0.1, 0.15) is 10.4 Å². The molecule has 5 aromatic rings. The van der Waals surface area contributed by atoms with Crippen molar-refractivity contribution in [2.75, 3.05) is 5.32 Å². The molecule has 0 unspecified atom stereocenters. The van der Waals surface area contributed by atoms with Crippen LogP contribution in [0.4, 0.5) is 10.1 Å². The number of nitrogens with zero attached hydrogens (tertiary/aromatic N) is 1. The summed E-state index contributed by atoms with van der Waals surface area (Å²) < 4.78 is 18.9. The maximum Gasteiger partial charge on any atom is 0.255 e. The molecule has 4 aromatic carbocycles. The standard InChI is InChI=1S/C24H15FN2O2/c25-18-10-5-16(6-11-18)23(28)26-19-12-7-17(8-13-19)24-27-22-20-4-2-1-3-15(20)9-14-21(22)29-24/h1-14H,(H,26,28). The van der Waals surface area contributed by atoms with Crippen LogP contribution in [0, 0.1) is 5.82 Å². The Morgan fingerprint density at radius 2 is 1.62 bits per heavy atom. The molecule has 1 amide bonds. The minimum atomic E-state index is -0.378. The smallest absolute Gasteiger partial charge is 0.255 e. The molecule has 0 aliphatic heterocycles. The highest BCUT2D eigenvalue weighted by Crippen LogP contribution is 2.30. The Labute approximate surface area is 165 Å². The van der Waals surface area contributed by atoms with Gasteiger partial charge in [-0.15, -0.1) is 0 Å². The third-order valence-corrected chi connectivity index (χ3v) is 4.78. The first-order valence-corrected chi connectivity index (χ1v) is 9.13. The van der Waals surface area contributed by atoms with Gasteiger partial charge in [0.05, 0.1) is 0 Å². The number of hydrogen-bond donors (Lipinski definition) is 1. The van der Waals surface area contributed by atoms with E-state index < -0.39 is 0 Å². The number of oxazole rings is 1. The van der Waals surface area contributed by atoms with Crippen molar-refractivity contribution in [2.24, 2.45) is 0 Å². The van der Waals surface area contributed by atoms with E-state index in [1.54, 1.807) is 12.1 Å². The van der Waals surface area contributed by atoms with Gasteiger partial charge < -0.3 is 9.73 Å². The second kappa shape index (κ2) is 6.87. The van der Waals surface area contributed by atoms with Crippen molar-refractivity contribution in [3.63, 3.8) is 0 Å². The van der Waals surface area contributed by atoms with Crippen LogP contribution in [-0.4, -0.2) is 10.9 Å². The molecule has 0 bridgehead atoms. The summed E-state index contributed by atoms with van der Waals surface area (Å²) in [5.41, 5.74) is 3.38. The lowest BCUT2D eigenvalue weighted by molar-refractivity contribution is 0.102. The molecule has 5 rings (SSSR count). The van der Waals surface area contributed by atoms with E-state index in [4.69, 9.17) is 4.42 Å². The molecule has 29 heavy (non-hydrogen) atoms. The number of aromatic nitrogens is 1. The van der Waals surface area contributed by atoms with Crippen molar-refractivity contribution in [3.8, 4) is 11.5 Å². The molecule has 0 aliphatic rings. The van der Waals surface area contributed by atoms with Gasteiger partial charge in [0.2, 0.25) is 5.89 Å². The predicted molar refractivity (Wildman–Crippen MR) is 111 cm³/mol. The Kier molecular flexibility index (Phi) is 4.06. The number of benzene rings is 4. The van der Waals surface area contributed by atoms with Crippen LogP contribution in [-0.2, 0) is 0 Å². The van der Waals surface area contributed by atoms with Crippen LogP contribution < -0.4 is 5.32 Å². The topological polar surface area (TPSA) is 55.1 Å². The van der Waals surface area contributed by atoms with Crippen LogP contribution in [0.3, 0.4) is 0 Å². The molecule has 0 saturated heterocycles. The number of carbonyl (C=O) groups is 1. The normalized spacial score (nSPS) is 11.1. The second-order valence-electron chi connectivity index (χ2n) is 6.69. The van der Waals surface area contributed by atoms with Crippen molar-refractivity contribution in [3.05, 3.63) is 96.3 Å². The molecule has 0 fully saturated rings. The molecule has 0 aliphatic carbocycles. The van der Waals surface area contributed by atoms with Crippen molar-refractivity contribution in [2.45, 2.75) is 0 Å². The Bertz CT molecular complexity index is 1340. The van der Waals surface area contributed by atoms with E-state index in [0.29, 0.717) is 17.1 Å². The summed E-state index contributed by atoms with van der Waals surface area (Å²) in [6, 6.07) is 24.6. The number of hydrogen-bond acceptors (Lipinski definition) is 3. The Hall–Kier alpha value is -3.99. The van der Waals surface area contributed by atoms with Crippen molar-refractivity contribution in [1.29, 1.82) is 0 Å². The van der Waals surface area contributed by atoms with Crippen LogP contribution in [0.5, 0.6) is 0 Å². The number of fused-ring (bicyclic) bond motifs is 3. The predicted octanol–water partition coefficient (Wildman–Crippen LogP) is 6.04. The third-order valence-electron chi connectivity index (χ3n) is 4.78. The lowest BCUT2D eigenvalue weighted by Crippen LogP contribution is -2.11. The van der Waals surface area contributed by atoms with Crippen LogP contribution in [0.25, 0.3) is 33.3 Å². The molecule has 140 valence electrons. The van der Waals surface area contributed by atoms with E-state index in [1.165, 1.54) is 24.3 Å². The van der Waals surface area contributed by atoms with E-state index in [1.807, 2.05) is 48.5 Å². The fourth-order valence-corrected chi connectivity index (χ4v) is 3.29. The minimum absolute atomic E-state index is 0.300. The molecule has 0 spiro atoms. The lowest BCUT2D eigenvalue weighted by Gasteiger charge is -2.05. The van der Waals surface area contributed by atoms with Gasteiger partial charge in [-0.2, -0.15) is 0 Å². The van der Waals surface area contributed by atoms with Gasteiger partial charge in [-0.25, -0.2) is 9.37 Å². The summed E-state index contributed by atoms with van der Waals surface area (Å²) in [6.07, 6.45) is 0. The quantitative estimate of drug-likeness (QED) is 0.414. The molecule has 5 heteroatoms. The molecule has 0 atom stereocenters. The zero-order valence-electron chi connectivity index (χ0n) is 15.2. The SMILES string of the molecule is O=C(Nc1ccc(-c2nc3c(ccc4ccccc43)o2)cc1)c1ccc(F)cc1. The van der Waals surface area contributed by atoms with Gasteiger partial charge in [0, 0.05) is 22.2 Å². The number of amides is 1. The van der Waals surface area contributed by atoms with Crippen molar-refractivity contribution in [1.82, 2.24) is 4.98 Å². The van der Waals surface area contributed by atoms with Gasteiger partial charge >= 0.3 is 0 Å². The average molecular weight is 382 g/mol. The summed E-state index contributed by atoms with van der Waals surface area (Å²) >= 11 is 0. The molecular weight excluding hydrogens is 367 g/mol. The van der Waals surface area contributed by atoms with Crippen LogP contribution in [0.15, 0.2) is 89.3 Å². The number of carbonyl (C=O) groups excluding carboxylic acids is 1. The molecular formula is C24H15FN2O2.